The smallest absolute Gasteiger partial charge is 0.326 e. The zero-order valence-electron chi connectivity index (χ0n) is 11.1. The fourth-order valence-electron chi connectivity index (χ4n) is 1.48. The van der Waals surface area contributed by atoms with Gasteiger partial charge in [0.15, 0.2) is 5.69 Å². The van der Waals surface area contributed by atoms with Crippen molar-refractivity contribution in [1.82, 2.24) is 15.5 Å². The summed E-state index contributed by atoms with van der Waals surface area (Å²) in [6.45, 7) is 3.77. The highest BCUT2D eigenvalue weighted by atomic mass is 16.5. The van der Waals surface area contributed by atoms with E-state index >= 15 is 0 Å². The molecule has 0 aliphatic rings. The average Bonchev–Trinajstić information content (AvgIpc) is 2.37. The fourth-order valence-corrected chi connectivity index (χ4v) is 1.48. The van der Waals surface area contributed by atoms with E-state index < -0.39 is 17.9 Å². The summed E-state index contributed by atoms with van der Waals surface area (Å²) in [5.74, 6) is -1.19. The molecule has 0 spiro atoms. The molecule has 2 N–H and O–H groups in total. The average molecular weight is 267 g/mol. The van der Waals surface area contributed by atoms with Gasteiger partial charge < -0.3 is 15.2 Å². The molecule has 0 aromatic carbocycles. The number of hydrogen-bond acceptors (Lipinski definition) is 5. The Labute approximate surface area is 111 Å². The van der Waals surface area contributed by atoms with Crippen LogP contribution in [0.25, 0.3) is 0 Å². The maximum Gasteiger partial charge on any atom is 0.326 e. The van der Waals surface area contributed by atoms with Gasteiger partial charge in [-0.05, 0) is 18.4 Å². The fraction of sp³-hybridized carbons (Fsp3) is 0.500. The second-order valence-corrected chi connectivity index (χ2v) is 4.45. The first-order valence-electron chi connectivity index (χ1n) is 5.85. The molecule has 0 bridgehead atoms. The van der Waals surface area contributed by atoms with Crippen molar-refractivity contribution in [2.24, 2.45) is 5.92 Å². The molecule has 1 aromatic heterocycles. The minimum Gasteiger partial charge on any atom is -0.480 e. The SMILES string of the molecule is COc1ccc(C(=O)NC(CC(C)C)C(=O)O)nn1. The van der Waals surface area contributed by atoms with Crippen molar-refractivity contribution in [3.05, 3.63) is 17.8 Å². The summed E-state index contributed by atoms with van der Waals surface area (Å²) in [7, 11) is 1.44. The Kier molecular flexibility index (Phi) is 5.23. The van der Waals surface area contributed by atoms with E-state index in [-0.39, 0.29) is 17.5 Å². The highest BCUT2D eigenvalue weighted by molar-refractivity contribution is 5.94. The van der Waals surface area contributed by atoms with Crippen molar-refractivity contribution in [1.29, 1.82) is 0 Å². The molecule has 0 fully saturated rings. The standard InChI is InChI=1S/C12H17N3O4/c1-7(2)6-9(12(17)18)13-11(16)8-4-5-10(19-3)15-14-8/h4-5,7,9H,6H2,1-3H3,(H,13,16)(H,17,18). The number of rotatable bonds is 6. The molecule has 1 amide bonds. The van der Waals surface area contributed by atoms with Gasteiger partial charge in [0.25, 0.3) is 5.91 Å². The van der Waals surface area contributed by atoms with Gasteiger partial charge in [-0.15, -0.1) is 10.2 Å². The molecular formula is C12H17N3O4. The van der Waals surface area contributed by atoms with Crippen LogP contribution in [0, 0.1) is 5.92 Å². The third kappa shape index (κ3) is 4.53. The number of methoxy groups -OCH3 is 1. The lowest BCUT2D eigenvalue weighted by Crippen LogP contribution is -2.42. The second kappa shape index (κ2) is 6.67. The van der Waals surface area contributed by atoms with Gasteiger partial charge in [-0.2, -0.15) is 0 Å². The van der Waals surface area contributed by atoms with Crippen molar-refractivity contribution in [2.45, 2.75) is 26.3 Å². The van der Waals surface area contributed by atoms with Gasteiger partial charge in [0, 0.05) is 6.07 Å². The van der Waals surface area contributed by atoms with Gasteiger partial charge in [0.2, 0.25) is 5.88 Å². The molecule has 1 heterocycles. The summed E-state index contributed by atoms with van der Waals surface area (Å²) in [5.41, 5.74) is 0.0517. The van der Waals surface area contributed by atoms with Crippen molar-refractivity contribution < 1.29 is 19.4 Å². The molecule has 19 heavy (non-hydrogen) atoms. The first kappa shape index (κ1) is 14.9. The number of nitrogens with one attached hydrogen (secondary N) is 1. The number of hydrogen-bond donors (Lipinski definition) is 2. The number of aliphatic carboxylic acids is 1. The number of carbonyl (C=O) groups excluding carboxylic acids is 1. The highest BCUT2D eigenvalue weighted by Crippen LogP contribution is 2.07. The van der Waals surface area contributed by atoms with Crippen LogP contribution < -0.4 is 10.1 Å². The van der Waals surface area contributed by atoms with E-state index in [1.165, 1.54) is 19.2 Å². The summed E-state index contributed by atoms with van der Waals surface area (Å²) >= 11 is 0. The van der Waals surface area contributed by atoms with Gasteiger partial charge in [0.1, 0.15) is 6.04 Å². The topological polar surface area (TPSA) is 101 Å². The molecule has 1 unspecified atom stereocenters. The number of carboxylic acids is 1. The van der Waals surface area contributed by atoms with Crippen LogP contribution in [0.4, 0.5) is 0 Å². The van der Waals surface area contributed by atoms with E-state index in [2.05, 4.69) is 15.5 Å². The molecular weight excluding hydrogens is 250 g/mol. The molecule has 1 atom stereocenters. The molecule has 7 nitrogen and oxygen atoms in total. The number of carboxylic acid groups (broad SMARTS) is 1. The van der Waals surface area contributed by atoms with E-state index in [9.17, 15) is 9.59 Å². The van der Waals surface area contributed by atoms with Crippen LogP contribution >= 0.6 is 0 Å². The van der Waals surface area contributed by atoms with Crippen LogP contribution in [0.1, 0.15) is 30.8 Å². The van der Waals surface area contributed by atoms with Gasteiger partial charge in [0.05, 0.1) is 7.11 Å². The minimum absolute atomic E-state index is 0.0517. The maximum absolute atomic E-state index is 11.8. The number of nitrogens with zero attached hydrogens (tertiary/aromatic N) is 2. The molecule has 104 valence electrons. The number of aromatic nitrogens is 2. The lowest BCUT2D eigenvalue weighted by Gasteiger charge is -2.15. The van der Waals surface area contributed by atoms with E-state index in [1.54, 1.807) is 0 Å². The number of ether oxygens (including phenoxy) is 1. The molecule has 0 aliphatic heterocycles. The maximum atomic E-state index is 11.8. The van der Waals surface area contributed by atoms with Crippen LogP contribution in [0.2, 0.25) is 0 Å². The summed E-state index contributed by atoms with van der Waals surface area (Å²) < 4.78 is 4.82. The van der Waals surface area contributed by atoms with Gasteiger partial charge in [-0.3, -0.25) is 4.79 Å². The van der Waals surface area contributed by atoms with E-state index in [4.69, 9.17) is 9.84 Å². The highest BCUT2D eigenvalue weighted by Gasteiger charge is 2.22. The molecule has 1 rings (SSSR count). The van der Waals surface area contributed by atoms with E-state index in [1.807, 2.05) is 13.8 Å². The summed E-state index contributed by atoms with van der Waals surface area (Å²) in [4.78, 5) is 22.9. The zero-order valence-corrected chi connectivity index (χ0v) is 11.1. The molecule has 0 radical (unpaired) electrons. The third-order valence-electron chi connectivity index (χ3n) is 2.39. The first-order valence-corrected chi connectivity index (χ1v) is 5.85. The Morgan fingerprint density at radius 1 is 1.37 bits per heavy atom. The van der Waals surface area contributed by atoms with Gasteiger partial charge in [-0.25, -0.2) is 4.79 Å². The normalized spacial score (nSPS) is 12.0. The predicted octanol–water partition coefficient (Wildman–Crippen LogP) is 0.714. The Hall–Kier alpha value is -2.18. The van der Waals surface area contributed by atoms with Crippen LogP contribution in [0.15, 0.2) is 12.1 Å². The van der Waals surface area contributed by atoms with Gasteiger partial charge >= 0.3 is 5.97 Å². The Balaban J connectivity index is 2.72. The lowest BCUT2D eigenvalue weighted by molar-refractivity contribution is -0.139. The third-order valence-corrected chi connectivity index (χ3v) is 2.39. The number of carbonyl (C=O) groups is 2. The van der Waals surface area contributed by atoms with E-state index in [0.29, 0.717) is 6.42 Å². The molecule has 0 saturated heterocycles. The summed E-state index contributed by atoms with van der Waals surface area (Å²) in [6, 6.07) is 1.98. The molecule has 7 heteroatoms. The number of amides is 1. The van der Waals surface area contributed by atoms with Crippen LogP contribution in [-0.4, -0.2) is 40.3 Å². The predicted molar refractivity (Wildman–Crippen MR) is 66.9 cm³/mol. The van der Waals surface area contributed by atoms with Crippen molar-refractivity contribution in [3.8, 4) is 5.88 Å². The molecule has 0 aliphatic carbocycles. The Bertz CT molecular complexity index is 445. The van der Waals surface area contributed by atoms with E-state index in [0.717, 1.165) is 0 Å². The lowest BCUT2D eigenvalue weighted by atomic mass is 10.0. The Morgan fingerprint density at radius 3 is 2.47 bits per heavy atom. The van der Waals surface area contributed by atoms with Crippen LogP contribution in [0.5, 0.6) is 5.88 Å². The van der Waals surface area contributed by atoms with Crippen molar-refractivity contribution >= 4 is 11.9 Å². The molecule has 0 saturated carbocycles. The zero-order chi connectivity index (χ0) is 14.4. The van der Waals surface area contributed by atoms with Crippen LogP contribution in [-0.2, 0) is 4.79 Å². The Morgan fingerprint density at radius 2 is 2.05 bits per heavy atom. The van der Waals surface area contributed by atoms with Crippen molar-refractivity contribution in [3.63, 3.8) is 0 Å². The van der Waals surface area contributed by atoms with Crippen LogP contribution in [0.3, 0.4) is 0 Å². The summed E-state index contributed by atoms with van der Waals surface area (Å²) in [5, 5.41) is 18.8. The quantitative estimate of drug-likeness (QED) is 0.787. The monoisotopic (exact) mass is 267 g/mol. The van der Waals surface area contributed by atoms with Gasteiger partial charge in [-0.1, -0.05) is 13.8 Å². The van der Waals surface area contributed by atoms with Crippen molar-refractivity contribution in [2.75, 3.05) is 7.11 Å². The largest absolute Gasteiger partial charge is 0.480 e. The summed E-state index contributed by atoms with van der Waals surface area (Å²) in [6.07, 6.45) is 0.352. The minimum atomic E-state index is -1.07. The molecule has 1 aromatic rings. The first-order chi connectivity index (χ1) is 8.93. The second-order valence-electron chi connectivity index (χ2n) is 4.45.